The van der Waals surface area contributed by atoms with Gasteiger partial charge in [0.25, 0.3) is 0 Å². The van der Waals surface area contributed by atoms with Crippen LogP contribution >= 0.6 is 11.8 Å². The Bertz CT molecular complexity index is 367. The van der Waals surface area contributed by atoms with Gasteiger partial charge in [0.1, 0.15) is 5.41 Å². The summed E-state index contributed by atoms with van der Waals surface area (Å²) in [6.07, 6.45) is 4.48. The maximum absolute atomic E-state index is 12.9. The molecule has 1 atom stereocenters. The highest BCUT2D eigenvalue weighted by Crippen LogP contribution is 2.39. The minimum absolute atomic E-state index is 0.0651. The highest BCUT2D eigenvalue weighted by atomic mass is 32.2. The van der Waals surface area contributed by atoms with Crippen molar-refractivity contribution in [3.63, 3.8) is 0 Å². The second-order valence-electron chi connectivity index (χ2n) is 5.55. The van der Waals surface area contributed by atoms with Crippen LogP contribution in [0.15, 0.2) is 5.16 Å². The lowest BCUT2D eigenvalue weighted by atomic mass is 9.72. The smallest absolute Gasteiger partial charge is 0.236 e. The van der Waals surface area contributed by atoms with E-state index in [4.69, 9.17) is 10.9 Å². The standard InChI is InChI=1S/C13H23N3O2S/c1-10-9-19-8-7-16(10)12(17)13(11(14)15-18)5-3-2-4-6-13/h10,18H,2-9H2,1H3,(H2,14,15). The molecule has 1 saturated carbocycles. The molecule has 0 radical (unpaired) electrons. The average molecular weight is 285 g/mol. The van der Waals surface area contributed by atoms with Gasteiger partial charge in [0.2, 0.25) is 5.91 Å². The lowest BCUT2D eigenvalue weighted by molar-refractivity contribution is -0.141. The van der Waals surface area contributed by atoms with Crippen LogP contribution in [0.25, 0.3) is 0 Å². The van der Waals surface area contributed by atoms with Crippen molar-refractivity contribution < 1.29 is 10.0 Å². The summed E-state index contributed by atoms with van der Waals surface area (Å²) in [4.78, 5) is 14.9. The van der Waals surface area contributed by atoms with E-state index in [2.05, 4.69) is 12.1 Å². The Kier molecular flexibility index (Phi) is 4.60. The number of nitrogens with zero attached hydrogens (tertiary/aromatic N) is 2. The Morgan fingerprint density at radius 2 is 2.11 bits per heavy atom. The van der Waals surface area contributed by atoms with Crippen molar-refractivity contribution in [3.8, 4) is 0 Å². The van der Waals surface area contributed by atoms with Gasteiger partial charge in [-0.05, 0) is 19.8 Å². The Morgan fingerprint density at radius 1 is 1.42 bits per heavy atom. The minimum Gasteiger partial charge on any atom is -0.409 e. The molecule has 1 unspecified atom stereocenters. The Hall–Kier alpha value is -0.910. The fourth-order valence-electron chi connectivity index (χ4n) is 3.13. The van der Waals surface area contributed by atoms with E-state index in [9.17, 15) is 4.79 Å². The topological polar surface area (TPSA) is 78.9 Å². The average Bonchev–Trinajstić information content (AvgIpc) is 2.47. The highest BCUT2D eigenvalue weighted by molar-refractivity contribution is 7.99. The quantitative estimate of drug-likeness (QED) is 0.350. The predicted octanol–water partition coefficient (Wildman–Crippen LogP) is 1.65. The Morgan fingerprint density at radius 3 is 2.68 bits per heavy atom. The van der Waals surface area contributed by atoms with Gasteiger partial charge >= 0.3 is 0 Å². The van der Waals surface area contributed by atoms with Gasteiger partial charge in [-0.1, -0.05) is 24.4 Å². The van der Waals surface area contributed by atoms with Crippen LogP contribution in [0.5, 0.6) is 0 Å². The van der Waals surface area contributed by atoms with E-state index in [1.54, 1.807) is 0 Å². The third-order valence-corrected chi connectivity index (χ3v) is 5.53. The maximum atomic E-state index is 12.9. The number of amides is 1. The number of thioether (sulfide) groups is 1. The number of carbonyl (C=O) groups excluding carboxylic acids is 1. The molecule has 1 aliphatic heterocycles. The molecule has 2 rings (SSSR count). The molecule has 1 heterocycles. The van der Waals surface area contributed by atoms with Gasteiger partial charge in [-0.25, -0.2) is 0 Å². The van der Waals surface area contributed by atoms with Crippen LogP contribution in [0, 0.1) is 5.41 Å². The van der Waals surface area contributed by atoms with Gasteiger partial charge in [0.05, 0.1) is 0 Å². The van der Waals surface area contributed by atoms with E-state index in [-0.39, 0.29) is 17.8 Å². The molecule has 0 aromatic rings. The van der Waals surface area contributed by atoms with Gasteiger partial charge in [-0.3, -0.25) is 4.79 Å². The van der Waals surface area contributed by atoms with E-state index < -0.39 is 5.41 Å². The number of oxime groups is 1. The summed E-state index contributed by atoms with van der Waals surface area (Å²) in [6.45, 7) is 2.85. The molecular formula is C13H23N3O2S. The van der Waals surface area contributed by atoms with Gasteiger partial charge in [0.15, 0.2) is 5.84 Å². The van der Waals surface area contributed by atoms with Crippen molar-refractivity contribution in [3.05, 3.63) is 0 Å². The molecule has 108 valence electrons. The van der Waals surface area contributed by atoms with Crippen LogP contribution in [-0.2, 0) is 4.79 Å². The largest absolute Gasteiger partial charge is 0.409 e. The van der Waals surface area contributed by atoms with Crippen LogP contribution in [0.4, 0.5) is 0 Å². The zero-order chi connectivity index (χ0) is 13.9. The van der Waals surface area contributed by atoms with Crippen molar-refractivity contribution >= 4 is 23.5 Å². The van der Waals surface area contributed by atoms with E-state index in [0.717, 1.165) is 37.3 Å². The lowest BCUT2D eigenvalue weighted by Gasteiger charge is -2.42. The monoisotopic (exact) mass is 285 g/mol. The molecule has 1 amide bonds. The zero-order valence-electron chi connectivity index (χ0n) is 11.5. The molecule has 5 nitrogen and oxygen atoms in total. The normalized spacial score (nSPS) is 28.2. The number of carbonyl (C=O) groups is 1. The number of hydrogen-bond donors (Lipinski definition) is 2. The molecule has 19 heavy (non-hydrogen) atoms. The fourth-order valence-corrected chi connectivity index (χ4v) is 4.15. The minimum atomic E-state index is -0.761. The van der Waals surface area contributed by atoms with Crippen molar-refractivity contribution in [2.24, 2.45) is 16.3 Å². The summed E-state index contributed by atoms with van der Waals surface area (Å²) in [5, 5.41) is 12.2. The lowest BCUT2D eigenvalue weighted by Crippen LogP contribution is -2.56. The SMILES string of the molecule is CC1CSCCN1C(=O)C1(C(N)=NO)CCCCC1. The molecule has 2 aliphatic rings. The van der Waals surface area contributed by atoms with Crippen molar-refractivity contribution in [1.29, 1.82) is 0 Å². The molecule has 2 fully saturated rings. The molecule has 0 aromatic carbocycles. The molecule has 3 N–H and O–H groups in total. The molecule has 1 aliphatic carbocycles. The first kappa shape index (κ1) is 14.5. The maximum Gasteiger partial charge on any atom is 0.236 e. The number of amidine groups is 1. The van der Waals surface area contributed by atoms with E-state index >= 15 is 0 Å². The molecular weight excluding hydrogens is 262 g/mol. The van der Waals surface area contributed by atoms with Crippen molar-refractivity contribution in [2.75, 3.05) is 18.1 Å². The first-order chi connectivity index (χ1) is 9.12. The van der Waals surface area contributed by atoms with Crippen LogP contribution in [0.1, 0.15) is 39.0 Å². The molecule has 0 bridgehead atoms. The number of rotatable bonds is 2. The van der Waals surface area contributed by atoms with Crippen molar-refractivity contribution in [2.45, 2.75) is 45.1 Å². The summed E-state index contributed by atoms with van der Waals surface area (Å²) in [5.74, 6) is 2.11. The van der Waals surface area contributed by atoms with E-state index in [1.165, 1.54) is 0 Å². The summed E-state index contributed by atoms with van der Waals surface area (Å²) < 4.78 is 0. The van der Waals surface area contributed by atoms with E-state index in [0.29, 0.717) is 12.8 Å². The van der Waals surface area contributed by atoms with Crippen LogP contribution in [0.2, 0.25) is 0 Å². The van der Waals surface area contributed by atoms with E-state index in [1.807, 2.05) is 16.7 Å². The van der Waals surface area contributed by atoms with Gasteiger partial charge in [-0.15, -0.1) is 0 Å². The third-order valence-electron chi connectivity index (χ3n) is 4.34. The van der Waals surface area contributed by atoms with Crippen LogP contribution in [-0.4, -0.2) is 45.9 Å². The van der Waals surface area contributed by atoms with Gasteiger partial charge < -0.3 is 15.8 Å². The molecule has 0 spiro atoms. The van der Waals surface area contributed by atoms with Gasteiger partial charge in [0, 0.05) is 24.1 Å². The number of hydrogen-bond acceptors (Lipinski definition) is 4. The van der Waals surface area contributed by atoms with Crippen LogP contribution in [0.3, 0.4) is 0 Å². The number of nitrogens with two attached hydrogens (primary N) is 1. The molecule has 1 saturated heterocycles. The van der Waals surface area contributed by atoms with Crippen LogP contribution < -0.4 is 5.73 Å². The van der Waals surface area contributed by atoms with Gasteiger partial charge in [-0.2, -0.15) is 11.8 Å². The summed E-state index contributed by atoms with van der Waals surface area (Å²) in [7, 11) is 0. The van der Waals surface area contributed by atoms with Crippen molar-refractivity contribution in [1.82, 2.24) is 4.90 Å². The summed E-state index contributed by atoms with van der Waals surface area (Å²) in [6, 6.07) is 0.233. The Labute approximate surface area is 118 Å². The first-order valence-corrected chi connectivity index (χ1v) is 8.14. The summed E-state index contributed by atoms with van der Waals surface area (Å²) in [5.41, 5.74) is 5.12. The molecule has 6 heteroatoms. The third kappa shape index (κ3) is 2.68. The fraction of sp³-hybridized carbons (Fsp3) is 0.846. The second kappa shape index (κ2) is 6.03. The second-order valence-corrected chi connectivity index (χ2v) is 6.70. The predicted molar refractivity (Wildman–Crippen MR) is 77.4 cm³/mol. The summed E-state index contributed by atoms with van der Waals surface area (Å²) >= 11 is 1.88. The highest BCUT2D eigenvalue weighted by Gasteiger charge is 2.47. The Balaban J connectivity index is 2.24. The zero-order valence-corrected chi connectivity index (χ0v) is 12.3. The first-order valence-electron chi connectivity index (χ1n) is 6.98. The molecule has 0 aromatic heterocycles.